The van der Waals surface area contributed by atoms with E-state index in [0.717, 1.165) is 6.20 Å². The lowest BCUT2D eigenvalue weighted by atomic mass is 10.2. The zero-order chi connectivity index (χ0) is 18.4. The highest BCUT2D eigenvalue weighted by Gasteiger charge is 2.29. The van der Waals surface area contributed by atoms with E-state index in [2.05, 4.69) is 9.72 Å². The first-order valence-corrected chi connectivity index (χ1v) is 6.81. The number of alkyl halides is 3. The van der Waals surface area contributed by atoms with Crippen LogP contribution >= 0.6 is 0 Å². The van der Waals surface area contributed by atoms with Gasteiger partial charge >= 0.3 is 6.18 Å². The van der Waals surface area contributed by atoms with Crippen LogP contribution in [0, 0.1) is 0 Å². The van der Waals surface area contributed by atoms with Crippen molar-refractivity contribution in [3.05, 3.63) is 53.7 Å². The molecule has 2 amide bonds. The van der Waals surface area contributed by atoms with Crippen LogP contribution in [0.5, 0.6) is 11.6 Å². The van der Waals surface area contributed by atoms with E-state index < -0.39 is 30.5 Å². The van der Waals surface area contributed by atoms with Crippen molar-refractivity contribution in [2.24, 2.45) is 0 Å². The maximum absolute atomic E-state index is 12.2. The van der Waals surface area contributed by atoms with Crippen LogP contribution in [0.25, 0.3) is 0 Å². The normalized spacial score (nSPS) is 10.8. The molecule has 0 fully saturated rings. The number of hydrogen-bond acceptors (Lipinski definition) is 5. The number of nitrogens with zero attached hydrogens (tertiary/aromatic N) is 1. The monoisotopic (exact) mass is 355 g/mol. The summed E-state index contributed by atoms with van der Waals surface area (Å²) in [4.78, 5) is 27.4. The molecule has 0 saturated carbocycles. The highest BCUT2D eigenvalue weighted by Crippen LogP contribution is 2.20. The number of nitrogens with one attached hydrogen (secondary N) is 2. The van der Waals surface area contributed by atoms with E-state index in [1.54, 1.807) is 0 Å². The summed E-state index contributed by atoms with van der Waals surface area (Å²) < 4.78 is 41.1. The average molecular weight is 355 g/mol. The summed E-state index contributed by atoms with van der Waals surface area (Å²) in [5, 5.41) is 9.54. The van der Waals surface area contributed by atoms with Gasteiger partial charge in [0.1, 0.15) is 11.3 Å². The third-order valence-corrected chi connectivity index (χ3v) is 2.83. The Bertz CT molecular complexity index is 781. The lowest BCUT2D eigenvalue weighted by Crippen LogP contribution is -2.41. The maximum atomic E-state index is 12.2. The molecule has 0 bridgehead atoms. The van der Waals surface area contributed by atoms with Gasteiger partial charge < -0.3 is 9.84 Å². The van der Waals surface area contributed by atoms with Crippen LogP contribution in [0.1, 0.15) is 20.7 Å². The number of benzene rings is 1. The smallest absolute Gasteiger partial charge is 0.422 e. The SMILES string of the molecule is O=C(NNC(=O)c1cccnc1OCC(F)(F)F)c1ccccc1O. The number of pyridine rings is 1. The highest BCUT2D eigenvalue weighted by molar-refractivity contribution is 6.01. The lowest BCUT2D eigenvalue weighted by Gasteiger charge is -2.12. The average Bonchev–Trinajstić information content (AvgIpc) is 2.57. The Labute approximate surface area is 139 Å². The van der Waals surface area contributed by atoms with Gasteiger partial charge in [-0.3, -0.25) is 20.4 Å². The maximum Gasteiger partial charge on any atom is 0.422 e. The number of amides is 2. The van der Waals surface area contributed by atoms with E-state index in [9.17, 15) is 27.9 Å². The van der Waals surface area contributed by atoms with Crippen molar-refractivity contribution >= 4 is 11.8 Å². The van der Waals surface area contributed by atoms with Gasteiger partial charge in [-0.1, -0.05) is 12.1 Å². The number of ether oxygens (including phenoxy) is 1. The molecule has 1 aromatic carbocycles. The predicted octanol–water partition coefficient (Wildman–Crippen LogP) is 1.80. The molecular weight excluding hydrogens is 343 g/mol. The van der Waals surface area contributed by atoms with E-state index in [0.29, 0.717) is 0 Å². The fraction of sp³-hybridized carbons (Fsp3) is 0.133. The van der Waals surface area contributed by atoms with Gasteiger partial charge in [0, 0.05) is 6.20 Å². The molecule has 132 valence electrons. The van der Waals surface area contributed by atoms with Crippen molar-refractivity contribution in [2.75, 3.05) is 6.61 Å². The molecule has 2 rings (SSSR count). The number of hydrazine groups is 1. The molecule has 0 saturated heterocycles. The molecule has 0 spiro atoms. The number of para-hydroxylation sites is 1. The molecule has 7 nitrogen and oxygen atoms in total. The first-order valence-electron chi connectivity index (χ1n) is 6.81. The first kappa shape index (κ1) is 18.0. The summed E-state index contributed by atoms with van der Waals surface area (Å²) in [7, 11) is 0. The molecule has 0 atom stereocenters. The van der Waals surface area contributed by atoms with Crippen LogP contribution in [0.4, 0.5) is 13.2 Å². The lowest BCUT2D eigenvalue weighted by molar-refractivity contribution is -0.154. The zero-order valence-corrected chi connectivity index (χ0v) is 12.5. The fourth-order valence-electron chi connectivity index (χ4n) is 1.74. The van der Waals surface area contributed by atoms with Gasteiger partial charge in [-0.05, 0) is 24.3 Å². The minimum absolute atomic E-state index is 0.0949. The minimum atomic E-state index is -4.59. The van der Waals surface area contributed by atoms with E-state index in [1.165, 1.54) is 36.4 Å². The Balaban J connectivity index is 2.04. The minimum Gasteiger partial charge on any atom is -0.507 e. The molecule has 2 aromatic rings. The van der Waals surface area contributed by atoms with Crippen LogP contribution < -0.4 is 15.6 Å². The van der Waals surface area contributed by atoms with Gasteiger partial charge in [0.05, 0.1) is 5.56 Å². The van der Waals surface area contributed by atoms with Gasteiger partial charge in [0.25, 0.3) is 11.8 Å². The van der Waals surface area contributed by atoms with E-state index in [-0.39, 0.29) is 16.9 Å². The van der Waals surface area contributed by atoms with Gasteiger partial charge in [0.15, 0.2) is 6.61 Å². The second-order valence-corrected chi connectivity index (χ2v) is 4.69. The van der Waals surface area contributed by atoms with Crippen molar-refractivity contribution < 1.29 is 32.6 Å². The molecule has 0 radical (unpaired) electrons. The summed E-state index contributed by atoms with van der Waals surface area (Å²) in [6.07, 6.45) is -3.44. The number of phenols is 1. The van der Waals surface area contributed by atoms with Crippen LogP contribution in [0.2, 0.25) is 0 Å². The summed E-state index contributed by atoms with van der Waals surface area (Å²) in [5.74, 6) is -2.58. The number of rotatable bonds is 4. The van der Waals surface area contributed by atoms with Crippen molar-refractivity contribution in [3.63, 3.8) is 0 Å². The molecule has 1 aromatic heterocycles. The summed E-state index contributed by atoms with van der Waals surface area (Å²) in [5.41, 5.74) is 3.65. The van der Waals surface area contributed by atoms with Gasteiger partial charge in [-0.15, -0.1) is 0 Å². The van der Waals surface area contributed by atoms with E-state index in [4.69, 9.17) is 0 Å². The number of carbonyl (C=O) groups excluding carboxylic acids is 2. The van der Waals surface area contributed by atoms with E-state index >= 15 is 0 Å². The number of halogens is 3. The van der Waals surface area contributed by atoms with E-state index in [1.807, 2.05) is 10.9 Å². The molecule has 0 aliphatic carbocycles. The van der Waals surface area contributed by atoms with Crippen LogP contribution in [0.3, 0.4) is 0 Å². The Kier molecular flexibility index (Phi) is 5.42. The number of hydrogen-bond donors (Lipinski definition) is 3. The largest absolute Gasteiger partial charge is 0.507 e. The number of carbonyl (C=O) groups is 2. The molecule has 3 N–H and O–H groups in total. The Morgan fingerprint density at radius 2 is 1.64 bits per heavy atom. The summed E-state index contributed by atoms with van der Waals surface area (Å²) in [6.45, 7) is -1.62. The number of aromatic nitrogens is 1. The van der Waals surface area contributed by atoms with Gasteiger partial charge in [-0.2, -0.15) is 13.2 Å². The van der Waals surface area contributed by atoms with Crippen LogP contribution in [-0.2, 0) is 0 Å². The van der Waals surface area contributed by atoms with Crippen LogP contribution in [0.15, 0.2) is 42.6 Å². The highest BCUT2D eigenvalue weighted by atomic mass is 19.4. The fourth-order valence-corrected chi connectivity index (χ4v) is 1.74. The Morgan fingerprint density at radius 1 is 1.04 bits per heavy atom. The molecular formula is C15H12F3N3O4. The molecule has 1 heterocycles. The number of aromatic hydroxyl groups is 1. The van der Waals surface area contributed by atoms with Gasteiger partial charge in [-0.25, -0.2) is 4.98 Å². The van der Waals surface area contributed by atoms with Crippen molar-refractivity contribution in [2.45, 2.75) is 6.18 Å². The number of phenolic OH excluding ortho intramolecular Hbond substituents is 1. The third kappa shape index (κ3) is 5.09. The predicted molar refractivity (Wildman–Crippen MR) is 78.8 cm³/mol. The van der Waals surface area contributed by atoms with Crippen molar-refractivity contribution in [3.8, 4) is 11.6 Å². The molecule has 10 heteroatoms. The summed E-state index contributed by atoms with van der Waals surface area (Å²) in [6, 6.07) is 8.10. The van der Waals surface area contributed by atoms with Crippen molar-refractivity contribution in [1.29, 1.82) is 0 Å². The molecule has 0 aliphatic rings. The first-order chi connectivity index (χ1) is 11.8. The molecule has 0 unspecified atom stereocenters. The van der Waals surface area contributed by atoms with Crippen molar-refractivity contribution in [1.82, 2.24) is 15.8 Å². The topological polar surface area (TPSA) is 101 Å². The molecule has 0 aliphatic heterocycles. The zero-order valence-electron chi connectivity index (χ0n) is 12.5. The molecule has 25 heavy (non-hydrogen) atoms. The quantitative estimate of drug-likeness (QED) is 0.726. The van der Waals surface area contributed by atoms with Crippen LogP contribution in [-0.4, -0.2) is 34.7 Å². The Morgan fingerprint density at radius 3 is 2.28 bits per heavy atom. The Hall–Kier alpha value is -3.30. The second-order valence-electron chi connectivity index (χ2n) is 4.69. The van der Waals surface area contributed by atoms with Gasteiger partial charge in [0.2, 0.25) is 5.88 Å². The second kappa shape index (κ2) is 7.51. The third-order valence-electron chi connectivity index (χ3n) is 2.83. The standard InChI is InChI=1S/C15H12F3N3O4/c16-15(17,18)8-25-14-10(5-3-7-19-14)13(24)21-20-12(23)9-4-1-2-6-11(9)22/h1-7,22H,8H2,(H,20,23)(H,21,24). The summed E-state index contributed by atoms with van der Waals surface area (Å²) >= 11 is 0.